The summed E-state index contributed by atoms with van der Waals surface area (Å²) in [7, 11) is 0. The molecule has 0 fully saturated rings. The number of ether oxygens (including phenoxy) is 2. The zero-order valence-electron chi connectivity index (χ0n) is 21.2. The SMILES string of the molecule is CC(C)(Cc1c[nH]c2c(OCC3=NCCS3)cccc12)NC[C@H](O)COc1ccccc1-c1cccs1. The quantitative estimate of drug-likeness (QED) is 0.215. The molecule has 5 rings (SSSR count). The maximum Gasteiger partial charge on any atom is 0.143 e. The van der Waals surface area contributed by atoms with Gasteiger partial charge >= 0.3 is 0 Å². The second-order valence-electron chi connectivity index (χ2n) is 9.79. The van der Waals surface area contributed by atoms with Gasteiger partial charge in [0.2, 0.25) is 0 Å². The molecular weight excluding hydrogens is 502 g/mol. The molecule has 3 heterocycles. The van der Waals surface area contributed by atoms with Gasteiger partial charge in [-0.15, -0.1) is 23.1 Å². The van der Waals surface area contributed by atoms with E-state index < -0.39 is 6.10 Å². The van der Waals surface area contributed by atoms with Gasteiger partial charge in [-0.1, -0.05) is 30.3 Å². The number of aliphatic hydroxyl groups is 1. The molecule has 4 aromatic rings. The number of aromatic nitrogens is 1. The molecule has 0 spiro atoms. The van der Waals surface area contributed by atoms with E-state index in [9.17, 15) is 5.11 Å². The molecule has 0 saturated carbocycles. The molecule has 0 radical (unpaired) electrons. The average Bonchev–Trinajstić information content (AvgIpc) is 3.68. The Labute approximate surface area is 226 Å². The lowest BCUT2D eigenvalue weighted by molar-refractivity contribution is 0.0991. The molecule has 0 saturated heterocycles. The van der Waals surface area contributed by atoms with Crippen LogP contribution >= 0.6 is 23.1 Å². The van der Waals surface area contributed by atoms with Gasteiger partial charge in [-0.25, -0.2) is 0 Å². The van der Waals surface area contributed by atoms with Crippen molar-refractivity contribution in [3.05, 3.63) is 71.7 Å². The number of thiophene rings is 1. The van der Waals surface area contributed by atoms with E-state index in [1.165, 1.54) is 5.56 Å². The highest BCUT2D eigenvalue weighted by Crippen LogP contribution is 2.33. The highest BCUT2D eigenvalue weighted by Gasteiger charge is 2.22. The van der Waals surface area contributed by atoms with Crippen molar-refractivity contribution in [2.75, 3.05) is 32.1 Å². The maximum absolute atomic E-state index is 10.7. The van der Waals surface area contributed by atoms with Crippen LogP contribution in [0.1, 0.15) is 19.4 Å². The predicted octanol–water partition coefficient (Wildman–Crippen LogP) is 5.77. The molecule has 37 heavy (non-hydrogen) atoms. The molecule has 0 amide bonds. The monoisotopic (exact) mass is 535 g/mol. The second kappa shape index (κ2) is 11.7. The molecule has 2 aromatic carbocycles. The van der Waals surface area contributed by atoms with E-state index in [0.29, 0.717) is 13.2 Å². The van der Waals surface area contributed by atoms with Gasteiger partial charge in [0.15, 0.2) is 0 Å². The molecule has 1 atom stereocenters. The summed E-state index contributed by atoms with van der Waals surface area (Å²) < 4.78 is 12.1. The highest BCUT2D eigenvalue weighted by atomic mass is 32.2. The first kappa shape index (κ1) is 25.9. The lowest BCUT2D eigenvalue weighted by Crippen LogP contribution is -2.46. The third-order valence-electron chi connectivity index (χ3n) is 6.32. The fourth-order valence-electron chi connectivity index (χ4n) is 4.46. The average molecular weight is 536 g/mol. The molecule has 2 aromatic heterocycles. The molecule has 1 aliphatic rings. The van der Waals surface area contributed by atoms with Gasteiger partial charge in [-0.05, 0) is 55.5 Å². The van der Waals surface area contributed by atoms with Gasteiger partial charge in [-0.2, -0.15) is 0 Å². The summed E-state index contributed by atoms with van der Waals surface area (Å²) in [5.41, 5.74) is 3.04. The summed E-state index contributed by atoms with van der Waals surface area (Å²) in [6.45, 7) is 6.37. The lowest BCUT2D eigenvalue weighted by atomic mass is 9.94. The number of rotatable bonds is 12. The van der Waals surface area contributed by atoms with Crippen LogP contribution in [-0.4, -0.2) is 58.8 Å². The Morgan fingerprint density at radius 3 is 2.76 bits per heavy atom. The number of benzene rings is 2. The van der Waals surface area contributed by atoms with Crippen LogP contribution in [0, 0.1) is 0 Å². The number of fused-ring (bicyclic) bond motifs is 1. The Morgan fingerprint density at radius 1 is 1.08 bits per heavy atom. The highest BCUT2D eigenvalue weighted by molar-refractivity contribution is 8.14. The molecule has 0 aliphatic carbocycles. The largest absolute Gasteiger partial charge is 0.490 e. The second-order valence-corrected chi connectivity index (χ2v) is 11.9. The molecule has 0 bridgehead atoms. The fourth-order valence-corrected chi connectivity index (χ4v) is 5.96. The Kier molecular flexibility index (Phi) is 8.20. The van der Waals surface area contributed by atoms with Gasteiger partial charge in [-0.3, -0.25) is 4.99 Å². The molecule has 194 valence electrons. The smallest absolute Gasteiger partial charge is 0.143 e. The van der Waals surface area contributed by atoms with Crippen molar-refractivity contribution in [1.29, 1.82) is 0 Å². The Hall–Kier alpha value is -2.78. The first-order valence-corrected chi connectivity index (χ1v) is 14.4. The molecule has 8 heteroatoms. The Morgan fingerprint density at radius 2 is 1.95 bits per heavy atom. The minimum Gasteiger partial charge on any atom is -0.490 e. The van der Waals surface area contributed by atoms with E-state index in [2.05, 4.69) is 58.9 Å². The molecule has 1 aliphatic heterocycles. The van der Waals surface area contributed by atoms with E-state index in [4.69, 9.17) is 9.47 Å². The van der Waals surface area contributed by atoms with Gasteiger partial charge in [0.05, 0.1) is 5.52 Å². The summed E-state index contributed by atoms with van der Waals surface area (Å²) in [5.74, 6) is 2.68. The van der Waals surface area contributed by atoms with Crippen LogP contribution in [0.4, 0.5) is 0 Å². The summed E-state index contributed by atoms with van der Waals surface area (Å²) in [4.78, 5) is 9.03. The Balaban J connectivity index is 1.16. The zero-order chi connectivity index (χ0) is 25.7. The first-order chi connectivity index (χ1) is 18.0. The lowest BCUT2D eigenvalue weighted by Gasteiger charge is -2.28. The van der Waals surface area contributed by atoms with Crippen molar-refractivity contribution in [3.63, 3.8) is 0 Å². The molecular formula is C29H33N3O3S2. The minimum absolute atomic E-state index is 0.225. The predicted molar refractivity (Wildman–Crippen MR) is 156 cm³/mol. The summed E-state index contributed by atoms with van der Waals surface area (Å²) in [6.07, 6.45) is 2.23. The summed E-state index contributed by atoms with van der Waals surface area (Å²) >= 11 is 3.45. The number of thioether (sulfide) groups is 1. The van der Waals surface area contributed by atoms with E-state index in [1.807, 2.05) is 36.4 Å². The number of H-pyrrole nitrogens is 1. The molecule has 3 N–H and O–H groups in total. The van der Waals surface area contributed by atoms with E-state index >= 15 is 0 Å². The van der Waals surface area contributed by atoms with Crippen LogP contribution in [0.3, 0.4) is 0 Å². The minimum atomic E-state index is -0.630. The number of nitrogens with zero attached hydrogens (tertiary/aromatic N) is 1. The van der Waals surface area contributed by atoms with Crippen LogP contribution in [0.25, 0.3) is 21.3 Å². The standard InChI is InChI=1S/C29H33N3O3S2/c1-29(2,32-17-21(33)18-34-24-9-4-3-7-23(24)26-11-6-13-36-26)15-20-16-31-28-22(20)8-5-10-25(28)35-19-27-30-12-14-37-27/h3-11,13,16,21,31-33H,12,14-15,17-19H2,1-2H3/t21-/m0/s1. The zero-order valence-corrected chi connectivity index (χ0v) is 22.8. The number of para-hydroxylation sites is 2. The van der Waals surface area contributed by atoms with Gasteiger partial charge < -0.3 is 24.9 Å². The molecule has 0 unspecified atom stereocenters. The van der Waals surface area contributed by atoms with Gasteiger partial charge in [0.25, 0.3) is 0 Å². The topological polar surface area (TPSA) is 78.9 Å². The van der Waals surface area contributed by atoms with Crippen molar-refractivity contribution in [1.82, 2.24) is 10.3 Å². The third kappa shape index (κ3) is 6.57. The number of hydrogen-bond acceptors (Lipinski definition) is 7. The molecule has 6 nitrogen and oxygen atoms in total. The fraction of sp³-hybridized carbons (Fsp3) is 0.345. The van der Waals surface area contributed by atoms with Crippen molar-refractivity contribution in [3.8, 4) is 21.9 Å². The van der Waals surface area contributed by atoms with Crippen molar-refractivity contribution in [2.45, 2.75) is 31.9 Å². The van der Waals surface area contributed by atoms with Crippen molar-refractivity contribution in [2.24, 2.45) is 4.99 Å². The third-order valence-corrected chi connectivity index (χ3v) is 8.19. The van der Waals surface area contributed by atoms with Crippen LogP contribution in [-0.2, 0) is 6.42 Å². The number of aliphatic imine (C=N–C) groups is 1. The number of β-amino-alcohol motifs (C(OH)–C–C–N with tert-alkyl or cyclic N) is 1. The van der Waals surface area contributed by atoms with E-state index in [-0.39, 0.29) is 12.1 Å². The number of aliphatic hydroxyl groups excluding tert-OH is 1. The van der Waals surface area contributed by atoms with E-state index in [0.717, 1.165) is 56.6 Å². The van der Waals surface area contributed by atoms with Gasteiger partial charge in [0, 0.05) is 46.4 Å². The first-order valence-electron chi connectivity index (χ1n) is 12.6. The number of nitrogens with one attached hydrogen (secondary N) is 2. The van der Waals surface area contributed by atoms with E-state index in [1.54, 1.807) is 23.1 Å². The van der Waals surface area contributed by atoms with Crippen LogP contribution in [0.15, 0.2) is 71.2 Å². The van der Waals surface area contributed by atoms with Crippen molar-refractivity contribution < 1.29 is 14.6 Å². The summed E-state index contributed by atoms with van der Waals surface area (Å²) in [6, 6.07) is 18.2. The van der Waals surface area contributed by atoms with Gasteiger partial charge in [0.1, 0.15) is 35.9 Å². The van der Waals surface area contributed by atoms with Crippen molar-refractivity contribution >= 4 is 39.0 Å². The maximum atomic E-state index is 10.7. The van der Waals surface area contributed by atoms with Crippen LogP contribution in [0.5, 0.6) is 11.5 Å². The summed E-state index contributed by atoms with van der Waals surface area (Å²) in [5, 5.41) is 18.5. The van der Waals surface area contributed by atoms with Crippen LogP contribution in [0.2, 0.25) is 0 Å². The normalized spacial score (nSPS) is 14.6. The number of hydrogen-bond donors (Lipinski definition) is 3. The number of aromatic amines is 1. The van der Waals surface area contributed by atoms with Crippen LogP contribution < -0.4 is 14.8 Å². The Bertz CT molecular complexity index is 1350.